The lowest BCUT2D eigenvalue weighted by atomic mass is 10.1. The van der Waals surface area contributed by atoms with Crippen LogP contribution in [-0.4, -0.2) is 37.2 Å². The van der Waals surface area contributed by atoms with E-state index in [1.165, 1.54) is 64.2 Å². The zero-order valence-corrected chi connectivity index (χ0v) is 49.0. The summed E-state index contributed by atoms with van der Waals surface area (Å²) in [5.74, 6) is -0.935. The Balaban J connectivity index is 4.30. The first-order valence-electron chi connectivity index (χ1n) is 30.8. The van der Waals surface area contributed by atoms with Crippen LogP contribution >= 0.6 is 0 Å². The monoisotopic (exact) mass is 1050 g/mol. The van der Waals surface area contributed by atoms with E-state index in [4.69, 9.17) is 14.2 Å². The Kier molecular flexibility index (Phi) is 58.9. The summed E-state index contributed by atoms with van der Waals surface area (Å²) in [6, 6.07) is 0. The smallest absolute Gasteiger partial charge is 0.306 e. The molecule has 0 fully saturated rings. The number of rotatable bonds is 54. The lowest BCUT2D eigenvalue weighted by Crippen LogP contribution is -2.30. The number of ether oxygens (including phenoxy) is 3. The minimum atomic E-state index is -0.797. The van der Waals surface area contributed by atoms with Crippen LogP contribution in [0.4, 0.5) is 0 Å². The van der Waals surface area contributed by atoms with Gasteiger partial charge < -0.3 is 14.2 Å². The summed E-state index contributed by atoms with van der Waals surface area (Å²) < 4.78 is 16.8. The molecule has 1 unspecified atom stereocenters. The topological polar surface area (TPSA) is 78.9 Å². The van der Waals surface area contributed by atoms with Crippen LogP contribution in [0.15, 0.2) is 146 Å². The quantitative estimate of drug-likeness (QED) is 0.0261. The average molecular weight is 1050 g/mol. The Morgan fingerprint density at radius 3 is 0.803 bits per heavy atom. The van der Waals surface area contributed by atoms with E-state index < -0.39 is 6.10 Å². The molecule has 0 aromatic carbocycles. The molecule has 1 atom stereocenters. The van der Waals surface area contributed by atoms with E-state index in [0.717, 1.165) is 154 Å². The molecule has 0 rings (SSSR count). The summed E-state index contributed by atoms with van der Waals surface area (Å²) in [6.45, 7) is 6.35. The molecule has 0 aliphatic heterocycles. The molecule has 0 amide bonds. The summed E-state index contributed by atoms with van der Waals surface area (Å²) in [5.41, 5.74) is 0. The third kappa shape index (κ3) is 60.2. The molecule has 6 heteroatoms. The number of carbonyl (C=O) groups is 3. The first-order chi connectivity index (χ1) is 37.5. The van der Waals surface area contributed by atoms with Crippen LogP contribution in [0.2, 0.25) is 0 Å². The Hall–Kier alpha value is -4.71. The SMILES string of the molecule is CC/C=C\C/C=C\C/C=C\C/C=C\C/C=C\C/C=C\C/C=C\C/C=C\CCCCCCC(=O)OCC(COC(=O)CCCCCCCCCC)OC(=O)CCCCCCCCCC/C=C\C/C=C\C/C=C\C/C=C\CC. The fourth-order valence-electron chi connectivity index (χ4n) is 8.04. The Labute approximate surface area is 467 Å². The molecule has 0 heterocycles. The largest absolute Gasteiger partial charge is 0.462 e. The van der Waals surface area contributed by atoms with Gasteiger partial charge in [0.05, 0.1) is 0 Å². The molecule has 0 aliphatic carbocycles. The summed E-state index contributed by atoms with van der Waals surface area (Å²) in [5, 5.41) is 0. The molecule has 0 radical (unpaired) electrons. The summed E-state index contributed by atoms with van der Waals surface area (Å²) in [6.07, 6.45) is 90.0. The molecule has 6 nitrogen and oxygen atoms in total. The maximum Gasteiger partial charge on any atom is 0.306 e. The van der Waals surface area contributed by atoms with E-state index in [9.17, 15) is 14.4 Å². The fourth-order valence-corrected chi connectivity index (χ4v) is 8.04. The Morgan fingerprint density at radius 1 is 0.276 bits per heavy atom. The van der Waals surface area contributed by atoms with Gasteiger partial charge in [-0.1, -0.05) is 263 Å². The van der Waals surface area contributed by atoms with E-state index in [0.29, 0.717) is 19.3 Å². The van der Waals surface area contributed by atoms with E-state index in [-0.39, 0.29) is 31.1 Å². The molecule has 0 spiro atoms. The van der Waals surface area contributed by atoms with Gasteiger partial charge in [0.15, 0.2) is 6.10 Å². The molecule has 0 aliphatic rings. The van der Waals surface area contributed by atoms with Crippen LogP contribution in [0, 0.1) is 0 Å². The third-order valence-corrected chi connectivity index (χ3v) is 12.6. The van der Waals surface area contributed by atoms with Gasteiger partial charge in [0.1, 0.15) is 13.2 Å². The second kappa shape index (κ2) is 62.8. The number of hydrogen-bond donors (Lipinski definition) is 0. The van der Waals surface area contributed by atoms with Gasteiger partial charge in [0.25, 0.3) is 0 Å². The molecule has 76 heavy (non-hydrogen) atoms. The van der Waals surface area contributed by atoms with Gasteiger partial charge >= 0.3 is 17.9 Å². The van der Waals surface area contributed by atoms with Gasteiger partial charge in [-0.25, -0.2) is 0 Å². The van der Waals surface area contributed by atoms with Crippen molar-refractivity contribution in [1.29, 1.82) is 0 Å². The third-order valence-electron chi connectivity index (χ3n) is 12.6. The molecule has 0 N–H and O–H groups in total. The van der Waals surface area contributed by atoms with Crippen LogP contribution in [-0.2, 0) is 28.6 Å². The van der Waals surface area contributed by atoms with Crippen molar-refractivity contribution in [2.45, 2.75) is 264 Å². The van der Waals surface area contributed by atoms with Gasteiger partial charge in [0, 0.05) is 19.3 Å². The fraction of sp³-hybridized carbons (Fsp3) is 0.614. The van der Waals surface area contributed by atoms with Crippen LogP contribution in [0.3, 0.4) is 0 Å². The highest BCUT2D eigenvalue weighted by Crippen LogP contribution is 2.14. The zero-order valence-electron chi connectivity index (χ0n) is 49.0. The van der Waals surface area contributed by atoms with Gasteiger partial charge in [-0.15, -0.1) is 0 Å². The van der Waals surface area contributed by atoms with Gasteiger partial charge in [0.2, 0.25) is 0 Å². The molecule has 0 saturated heterocycles. The summed E-state index contributed by atoms with van der Waals surface area (Å²) in [7, 11) is 0. The maximum absolute atomic E-state index is 12.9. The van der Waals surface area contributed by atoms with Crippen LogP contribution in [0.25, 0.3) is 0 Å². The van der Waals surface area contributed by atoms with Gasteiger partial charge in [-0.05, 0) is 122 Å². The van der Waals surface area contributed by atoms with Crippen molar-refractivity contribution < 1.29 is 28.6 Å². The second-order valence-corrected chi connectivity index (χ2v) is 19.9. The van der Waals surface area contributed by atoms with Crippen LogP contribution in [0.5, 0.6) is 0 Å². The number of allylic oxidation sites excluding steroid dienone is 24. The molecule has 0 aromatic rings. The normalized spacial score (nSPS) is 13.1. The number of unbranched alkanes of at least 4 members (excludes halogenated alkanes) is 19. The van der Waals surface area contributed by atoms with Crippen molar-refractivity contribution >= 4 is 17.9 Å². The van der Waals surface area contributed by atoms with Crippen molar-refractivity contribution in [3.05, 3.63) is 146 Å². The second-order valence-electron chi connectivity index (χ2n) is 19.9. The van der Waals surface area contributed by atoms with Crippen molar-refractivity contribution in [2.75, 3.05) is 13.2 Å². The zero-order chi connectivity index (χ0) is 55.0. The van der Waals surface area contributed by atoms with E-state index in [2.05, 4.69) is 167 Å². The highest BCUT2D eigenvalue weighted by molar-refractivity contribution is 5.71. The van der Waals surface area contributed by atoms with Crippen LogP contribution < -0.4 is 0 Å². The summed E-state index contributed by atoms with van der Waals surface area (Å²) in [4.78, 5) is 38.1. The minimum absolute atomic E-state index is 0.0933. The highest BCUT2D eigenvalue weighted by atomic mass is 16.6. The van der Waals surface area contributed by atoms with E-state index >= 15 is 0 Å². The molecule has 0 aromatic heterocycles. The van der Waals surface area contributed by atoms with Crippen molar-refractivity contribution in [2.24, 2.45) is 0 Å². The number of carbonyl (C=O) groups excluding carboxylic acids is 3. The van der Waals surface area contributed by atoms with Crippen molar-refractivity contribution in [3.8, 4) is 0 Å². The molecular weight excluding hydrogens is 937 g/mol. The lowest BCUT2D eigenvalue weighted by molar-refractivity contribution is -0.167. The van der Waals surface area contributed by atoms with Crippen LogP contribution in [0.1, 0.15) is 258 Å². The van der Waals surface area contributed by atoms with Gasteiger partial charge in [-0.3, -0.25) is 14.4 Å². The van der Waals surface area contributed by atoms with Crippen molar-refractivity contribution in [3.63, 3.8) is 0 Å². The maximum atomic E-state index is 12.9. The van der Waals surface area contributed by atoms with E-state index in [1.54, 1.807) is 0 Å². The molecule has 428 valence electrons. The van der Waals surface area contributed by atoms with Gasteiger partial charge in [-0.2, -0.15) is 0 Å². The summed E-state index contributed by atoms with van der Waals surface area (Å²) >= 11 is 0. The number of esters is 3. The highest BCUT2D eigenvalue weighted by Gasteiger charge is 2.19. The standard InChI is InChI=1S/C70H112O6/c1-4-7-10-13-16-19-21-23-25-27-29-31-32-33-34-35-36-37-38-40-41-43-45-47-49-51-54-57-60-63-69(72)75-66-67(65-74-68(71)62-59-56-53-18-15-12-9-6-3)76-70(73)64-61-58-55-52-50-48-46-44-42-39-30-28-26-24-22-20-17-14-11-8-5-2/h7-8,10-11,16-17,19-20,23-26,29-31,33-34,36-37,39-41,45,47,67H,4-6,9,12-15,18,21-22,27-28,32,35,38,42-44,46,48-66H2,1-3H3/b10-7-,11-8-,19-16-,20-17-,25-23-,26-24-,31-29-,34-33-,37-36-,39-30-,41-40-,47-45-. The molecule has 0 saturated carbocycles. The molecular formula is C70H112O6. The molecule has 0 bridgehead atoms. The lowest BCUT2D eigenvalue weighted by Gasteiger charge is -2.18. The predicted molar refractivity (Wildman–Crippen MR) is 329 cm³/mol. The van der Waals surface area contributed by atoms with Crippen molar-refractivity contribution in [1.82, 2.24) is 0 Å². The average Bonchev–Trinajstić information content (AvgIpc) is 3.42. The predicted octanol–water partition coefficient (Wildman–Crippen LogP) is 21.2. The van der Waals surface area contributed by atoms with E-state index in [1.807, 2.05) is 0 Å². The minimum Gasteiger partial charge on any atom is -0.462 e. The Morgan fingerprint density at radius 2 is 0.513 bits per heavy atom. The number of hydrogen-bond acceptors (Lipinski definition) is 6. The first kappa shape index (κ1) is 71.3. The Bertz CT molecular complexity index is 1680. The first-order valence-corrected chi connectivity index (χ1v) is 30.8.